The van der Waals surface area contributed by atoms with Crippen LogP contribution in [0.5, 0.6) is 5.75 Å². The minimum Gasteiger partial charge on any atom is -0.492 e. The summed E-state index contributed by atoms with van der Waals surface area (Å²) in [6.07, 6.45) is 3.66. The van der Waals surface area contributed by atoms with Crippen molar-refractivity contribution in [1.29, 1.82) is 0 Å². The zero-order valence-electron chi connectivity index (χ0n) is 11.1. The zero-order chi connectivity index (χ0) is 13.3. The molecular weight excluding hydrogens is 248 g/mol. The van der Waals surface area contributed by atoms with E-state index in [0.717, 1.165) is 10.9 Å². The standard InChI is InChI=1S/C13H20N2O2S/c1-4-5-8-6-9(8)15-13-11(17-3)10(14)12(18-13)7(2)16/h8-9,15H,4-6,14H2,1-3H3. The van der Waals surface area contributed by atoms with E-state index in [1.165, 1.54) is 37.5 Å². The summed E-state index contributed by atoms with van der Waals surface area (Å²) in [5.41, 5.74) is 6.39. The molecule has 2 atom stereocenters. The molecule has 1 fully saturated rings. The van der Waals surface area contributed by atoms with E-state index in [1.807, 2.05) is 0 Å². The molecule has 1 aromatic rings. The number of nitrogen functional groups attached to an aromatic ring is 1. The van der Waals surface area contributed by atoms with Crippen LogP contribution in [0, 0.1) is 5.92 Å². The van der Waals surface area contributed by atoms with Crippen molar-refractivity contribution in [3.8, 4) is 5.75 Å². The average molecular weight is 268 g/mol. The van der Waals surface area contributed by atoms with Gasteiger partial charge in [-0.2, -0.15) is 0 Å². The van der Waals surface area contributed by atoms with Crippen LogP contribution in [-0.2, 0) is 0 Å². The summed E-state index contributed by atoms with van der Waals surface area (Å²) in [5.74, 6) is 1.36. The number of ether oxygens (including phenoxy) is 1. The first-order valence-electron chi connectivity index (χ1n) is 6.32. The zero-order valence-corrected chi connectivity index (χ0v) is 11.9. The largest absolute Gasteiger partial charge is 0.492 e. The summed E-state index contributed by atoms with van der Waals surface area (Å²) >= 11 is 1.40. The molecule has 1 aromatic heterocycles. The van der Waals surface area contributed by atoms with E-state index >= 15 is 0 Å². The Labute approximate surface area is 112 Å². The minimum atomic E-state index is -0.00949. The van der Waals surface area contributed by atoms with Gasteiger partial charge >= 0.3 is 0 Å². The quantitative estimate of drug-likeness (QED) is 0.778. The smallest absolute Gasteiger partial charge is 0.176 e. The fraction of sp³-hybridized carbons (Fsp3) is 0.615. The maximum atomic E-state index is 11.5. The number of thiophene rings is 1. The Morgan fingerprint density at radius 1 is 1.61 bits per heavy atom. The van der Waals surface area contributed by atoms with Crippen LogP contribution in [-0.4, -0.2) is 18.9 Å². The summed E-state index contributed by atoms with van der Waals surface area (Å²) < 4.78 is 5.30. The van der Waals surface area contributed by atoms with E-state index in [9.17, 15) is 4.79 Å². The molecule has 3 N–H and O–H groups in total. The summed E-state index contributed by atoms with van der Waals surface area (Å²) in [4.78, 5) is 12.0. The maximum absolute atomic E-state index is 11.5. The number of anilines is 2. The van der Waals surface area contributed by atoms with Crippen molar-refractivity contribution >= 4 is 27.8 Å². The molecule has 18 heavy (non-hydrogen) atoms. The number of hydrogen-bond donors (Lipinski definition) is 2. The lowest BCUT2D eigenvalue weighted by Gasteiger charge is -2.06. The van der Waals surface area contributed by atoms with Gasteiger partial charge in [0.25, 0.3) is 0 Å². The highest BCUT2D eigenvalue weighted by Gasteiger charge is 2.37. The second-order valence-electron chi connectivity index (χ2n) is 4.80. The molecule has 1 aliphatic carbocycles. The Morgan fingerprint density at radius 3 is 2.89 bits per heavy atom. The van der Waals surface area contributed by atoms with E-state index in [4.69, 9.17) is 10.5 Å². The fourth-order valence-electron chi connectivity index (χ4n) is 2.27. The van der Waals surface area contributed by atoms with E-state index < -0.39 is 0 Å². The lowest BCUT2D eigenvalue weighted by Crippen LogP contribution is -2.04. The third-order valence-electron chi connectivity index (χ3n) is 3.32. The van der Waals surface area contributed by atoms with Crippen molar-refractivity contribution in [2.24, 2.45) is 5.92 Å². The van der Waals surface area contributed by atoms with Gasteiger partial charge in [0.15, 0.2) is 11.5 Å². The Balaban J connectivity index is 2.13. The molecule has 0 saturated heterocycles. The SMILES string of the molecule is CCCC1CC1Nc1sc(C(C)=O)c(N)c1OC. The van der Waals surface area contributed by atoms with Crippen molar-refractivity contribution in [3.63, 3.8) is 0 Å². The van der Waals surface area contributed by atoms with Gasteiger partial charge in [-0.3, -0.25) is 4.79 Å². The highest BCUT2D eigenvalue weighted by molar-refractivity contribution is 7.19. The lowest BCUT2D eigenvalue weighted by molar-refractivity contribution is 0.102. The van der Waals surface area contributed by atoms with Gasteiger partial charge in [-0.25, -0.2) is 0 Å². The molecule has 0 bridgehead atoms. The predicted octanol–water partition coefficient (Wildman–Crippen LogP) is 3.14. The van der Waals surface area contributed by atoms with Gasteiger partial charge in [-0.15, -0.1) is 11.3 Å². The molecule has 0 spiro atoms. The summed E-state index contributed by atoms with van der Waals surface area (Å²) in [6, 6.07) is 0.511. The number of nitrogens with one attached hydrogen (secondary N) is 1. The van der Waals surface area contributed by atoms with Crippen molar-refractivity contribution < 1.29 is 9.53 Å². The van der Waals surface area contributed by atoms with Crippen LogP contribution in [0.4, 0.5) is 10.7 Å². The first kappa shape index (κ1) is 13.2. The summed E-state index contributed by atoms with van der Waals surface area (Å²) in [7, 11) is 1.59. The second-order valence-corrected chi connectivity index (χ2v) is 5.82. The molecule has 100 valence electrons. The molecule has 4 nitrogen and oxygen atoms in total. The fourth-order valence-corrected chi connectivity index (χ4v) is 3.32. The molecule has 5 heteroatoms. The number of Topliss-reactive ketones (excluding diaryl/α,β-unsaturated/α-hetero) is 1. The number of hydrogen-bond acceptors (Lipinski definition) is 5. The number of rotatable bonds is 6. The number of methoxy groups -OCH3 is 1. The Morgan fingerprint density at radius 2 is 2.33 bits per heavy atom. The van der Waals surface area contributed by atoms with Crippen LogP contribution in [0.25, 0.3) is 0 Å². The first-order chi connectivity index (χ1) is 8.58. The van der Waals surface area contributed by atoms with Crippen LogP contribution in [0.3, 0.4) is 0 Å². The second kappa shape index (κ2) is 5.18. The van der Waals surface area contributed by atoms with Crippen molar-refractivity contribution in [2.75, 3.05) is 18.2 Å². The number of carbonyl (C=O) groups is 1. The average Bonchev–Trinajstić information content (AvgIpc) is 2.95. The Hall–Kier alpha value is -1.23. The molecule has 2 unspecified atom stereocenters. The topological polar surface area (TPSA) is 64.4 Å². The third kappa shape index (κ3) is 2.46. The molecule has 0 aromatic carbocycles. The molecule has 1 aliphatic rings. The highest BCUT2D eigenvalue weighted by atomic mass is 32.1. The summed E-state index contributed by atoms with van der Waals surface area (Å²) in [6.45, 7) is 3.73. The van der Waals surface area contributed by atoms with Gasteiger partial charge < -0.3 is 15.8 Å². The molecule has 1 saturated carbocycles. The minimum absolute atomic E-state index is 0.00949. The number of nitrogens with two attached hydrogens (primary N) is 1. The van der Waals surface area contributed by atoms with Crippen molar-refractivity contribution in [2.45, 2.75) is 39.2 Å². The van der Waals surface area contributed by atoms with Crippen LogP contribution in [0.1, 0.15) is 42.8 Å². The van der Waals surface area contributed by atoms with Gasteiger partial charge in [0, 0.05) is 13.0 Å². The van der Waals surface area contributed by atoms with Gasteiger partial charge in [-0.1, -0.05) is 13.3 Å². The maximum Gasteiger partial charge on any atom is 0.176 e. The summed E-state index contributed by atoms with van der Waals surface area (Å²) in [5, 5.41) is 4.34. The Bertz CT molecular complexity index is 456. The molecule has 1 heterocycles. The van der Waals surface area contributed by atoms with Gasteiger partial charge in [-0.05, 0) is 18.8 Å². The van der Waals surface area contributed by atoms with Gasteiger partial charge in [0.2, 0.25) is 0 Å². The van der Waals surface area contributed by atoms with Crippen LogP contribution in [0.2, 0.25) is 0 Å². The predicted molar refractivity (Wildman–Crippen MR) is 75.7 cm³/mol. The number of ketones is 1. The van der Waals surface area contributed by atoms with E-state index in [2.05, 4.69) is 12.2 Å². The van der Waals surface area contributed by atoms with Crippen LogP contribution >= 0.6 is 11.3 Å². The third-order valence-corrected chi connectivity index (χ3v) is 4.54. The van der Waals surface area contributed by atoms with Crippen molar-refractivity contribution in [1.82, 2.24) is 0 Å². The molecule has 0 amide bonds. The normalized spacial score (nSPS) is 21.7. The van der Waals surface area contributed by atoms with Crippen LogP contribution in [0.15, 0.2) is 0 Å². The monoisotopic (exact) mass is 268 g/mol. The molecule has 0 aliphatic heterocycles. The van der Waals surface area contributed by atoms with E-state index in [-0.39, 0.29) is 5.78 Å². The van der Waals surface area contributed by atoms with Crippen molar-refractivity contribution in [3.05, 3.63) is 4.88 Å². The number of carbonyl (C=O) groups excluding carboxylic acids is 1. The van der Waals surface area contributed by atoms with Crippen LogP contribution < -0.4 is 15.8 Å². The first-order valence-corrected chi connectivity index (χ1v) is 7.13. The van der Waals surface area contributed by atoms with E-state index in [0.29, 0.717) is 22.4 Å². The van der Waals surface area contributed by atoms with E-state index in [1.54, 1.807) is 7.11 Å². The lowest BCUT2D eigenvalue weighted by atomic mass is 10.2. The molecular formula is C13H20N2O2S. The molecule has 0 radical (unpaired) electrons. The highest BCUT2D eigenvalue weighted by Crippen LogP contribution is 2.46. The van der Waals surface area contributed by atoms with Gasteiger partial charge in [0.1, 0.15) is 5.00 Å². The molecule has 2 rings (SSSR count). The van der Waals surface area contributed by atoms with Gasteiger partial charge in [0.05, 0.1) is 17.7 Å². The Kier molecular flexibility index (Phi) is 3.80.